The fourth-order valence-electron chi connectivity index (χ4n) is 3.50. The Morgan fingerprint density at radius 2 is 2.10 bits per heavy atom. The number of nitrogens with two attached hydrogens (primary N) is 1. The number of unbranched alkanes of at least 4 members (excludes halogenated alkanes) is 1. The van der Waals surface area contributed by atoms with Crippen molar-refractivity contribution in [1.82, 2.24) is 9.80 Å². The van der Waals surface area contributed by atoms with Crippen molar-refractivity contribution in [1.29, 1.82) is 0 Å². The maximum absolute atomic E-state index is 12.6. The Hall–Kier alpha value is -2.81. The molecule has 1 fully saturated rings. The van der Waals surface area contributed by atoms with Crippen molar-refractivity contribution in [2.24, 2.45) is 11.7 Å². The number of hydrogen-bond acceptors (Lipinski definition) is 6. The van der Waals surface area contributed by atoms with E-state index in [9.17, 15) is 19.5 Å². The first-order chi connectivity index (χ1) is 14.3. The van der Waals surface area contributed by atoms with E-state index >= 15 is 0 Å². The number of hydrogen-bond donors (Lipinski definition) is 2. The average molecular weight is 419 g/mol. The summed E-state index contributed by atoms with van der Waals surface area (Å²) in [7, 11) is 1.48. The molecule has 0 spiro atoms. The van der Waals surface area contributed by atoms with Crippen LogP contribution in [0.15, 0.2) is 35.0 Å². The van der Waals surface area contributed by atoms with E-state index in [1.807, 2.05) is 18.0 Å². The molecule has 0 bridgehead atoms. The molecule has 30 heavy (non-hydrogen) atoms. The van der Waals surface area contributed by atoms with Gasteiger partial charge in [-0.25, -0.2) is 4.79 Å². The molecule has 9 nitrogen and oxygen atoms in total. The van der Waals surface area contributed by atoms with Gasteiger partial charge < -0.3 is 25.2 Å². The third-order valence-corrected chi connectivity index (χ3v) is 5.28. The zero-order chi connectivity index (χ0) is 21.8. The lowest BCUT2D eigenvalue weighted by atomic mass is 9.88. The van der Waals surface area contributed by atoms with Crippen molar-refractivity contribution < 1.29 is 29.0 Å². The number of amides is 2. The second-order valence-corrected chi connectivity index (χ2v) is 7.87. The Kier molecular flexibility index (Phi) is 6.81. The van der Waals surface area contributed by atoms with Gasteiger partial charge >= 0.3 is 6.09 Å². The first-order valence-electron chi connectivity index (χ1n) is 10.3. The predicted molar refractivity (Wildman–Crippen MR) is 108 cm³/mol. The number of primary amides is 1. The average Bonchev–Trinajstić information content (AvgIpc) is 3.50. The second-order valence-electron chi connectivity index (χ2n) is 7.87. The van der Waals surface area contributed by atoms with E-state index in [2.05, 4.69) is 0 Å². The molecule has 1 atom stereocenters. The van der Waals surface area contributed by atoms with Crippen LogP contribution in [-0.4, -0.2) is 65.6 Å². The fraction of sp³-hybridized carbons (Fsp3) is 0.571. The van der Waals surface area contributed by atoms with Crippen molar-refractivity contribution in [3.63, 3.8) is 0 Å². The Labute approximate surface area is 175 Å². The number of carboxylic acid groups (broad SMARTS) is 1. The zero-order valence-corrected chi connectivity index (χ0v) is 17.4. The summed E-state index contributed by atoms with van der Waals surface area (Å²) in [5.74, 6) is 0.506. The van der Waals surface area contributed by atoms with Crippen LogP contribution in [0.4, 0.5) is 4.79 Å². The van der Waals surface area contributed by atoms with E-state index in [-0.39, 0.29) is 18.8 Å². The van der Waals surface area contributed by atoms with Crippen molar-refractivity contribution in [2.45, 2.75) is 45.1 Å². The molecule has 1 saturated carbocycles. The van der Waals surface area contributed by atoms with Crippen LogP contribution in [0.1, 0.15) is 39.0 Å². The lowest BCUT2D eigenvalue weighted by Gasteiger charge is -2.37. The normalized spacial score (nSPS) is 21.1. The van der Waals surface area contributed by atoms with E-state index in [4.69, 9.17) is 15.2 Å². The van der Waals surface area contributed by atoms with Gasteiger partial charge in [-0.05, 0) is 36.8 Å². The first kappa shape index (κ1) is 21.9. The van der Waals surface area contributed by atoms with Crippen LogP contribution in [-0.2, 0) is 19.1 Å². The smallest absolute Gasteiger partial charge is 0.412 e. The van der Waals surface area contributed by atoms with Crippen LogP contribution in [0.25, 0.3) is 0 Å². The Balaban J connectivity index is 2.02. The summed E-state index contributed by atoms with van der Waals surface area (Å²) in [6.07, 6.45) is 5.45. The SMILES string of the molecule is CCCCOC1=C(N(C)C(=O)O)N(CC2CC2)C=C2CC(=O)C(OCC(N)=O)C=C21. The second kappa shape index (κ2) is 9.34. The number of Topliss-reactive ketones (excluding diaryl/α,β-unsaturated/α-hetero) is 1. The molecule has 0 aromatic carbocycles. The zero-order valence-electron chi connectivity index (χ0n) is 17.4. The van der Waals surface area contributed by atoms with Gasteiger partial charge in [0.2, 0.25) is 5.91 Å². The molecule has 9 heteroatoms. The predicted octanol–water partition coefficient (Wildman–Crippen LogP) is 1.96. The van der Waals surface area contributed by atoms with Crippen LogP contribution in [0, 0.1) is 5.92 Å². The summed E-state index contributed by atoms with van der Waals surface area (Å²) in [6.45, 7) is 2.76. The third kappa shape index (κ3) is 5.02. The molecule has 1 heterocycles. The summed E-state index contributed by atoms with van der Waals surface area (Å²) in [6, 6.07) is 0. The highest BCUT2D eigenvalue weighted by atomic mass is 16.5. The van der Waals surface area contributed by atoms with E-state index in [1.165, 1.54) is 7.05 Å². The van der Waals surface area contributed by atoms with E-state index in [1.54, 1.807) is 6.08 Å². The number of fused-ring (bicyclic) bond motifs is 1. The number of carbonyl (C=O) groups excluding carboxylic acids is 2. The molecule has 3 rings (SSSR count). The topological polar surface area (TPSA) is 122 Å². The van der Waals surface area contributed by atoms with E-state index < -0.39 is 18.1 Å². The van der Waals surface area contributed by atoms with Crippen molar-refractivity contribution in [2.75, 3.05) is 26.8 Å². The largest absolute Gasteiger partial charge is 0.489 e. The molecular formula is C21H29N3O6. The summed E-state index contributed by atoms with van der Waals surface area (Å²) < 4.78 is 11.5. The minimum atomic E-state index is -1.10. The van der Waals surface area contributed by atoms with E-state index in [0.717, 1.165) is 36.2 Å². The van der Waals surface area contributed by atoms with Gasteiger partial charge in [-0.3, -0.25) is 14.5 Å². The quantitative estimate of drug-likeness (QED) is 0.519. The van der Waals surface area contributed by atoms with Gasteiger partial charge in [0.05, 0.1) is 6.61 Å². The van der Waals surface area contributed by atoms with Gasteiger partial charge in [0.25, 0.3) is 0 Å². The van der Waals surface area contributed by atoms with Gasteiger partial charge in [-0.15, -0.1) is 0 Å². The number of allylic oxidation sites excluding steroid dienone is 1. The fourth-order valence-corrected chi connectivity index (χ4v) is 3.50. The van der Waals surface area contributed by atoms with Crippen molar-refractivity contribution in [3.05, 3.63) is 35.0 Å². The number of nitrogens with zero attached hydrogens (tertiary/aromatic N) is 2. The lowest BCUT2D eigenvalue weighted by molar-refractivity contribution is -0.132. The molecular weight excluding hydrogens is 390 g/mol. The Morgan fingerprint density at radius 3 is 2.70 bits per heavy atom. The molecule has 2 aliphatic carbocycles. The summed E-state index contributed by atoms with van der Waals surface area (Å²) >= 11 is 0. The van der Waals surface area contributed by atoms with Gasteiger partial charge in [0.1, 0.15) is 12.7 Å². The number of ketones is 1. The molecule has 164 valence electrons. The molecule has 0 aromatic heterocycles. The third-order valence-electron chi connectivity index (χ3n) is 5.28. The van der Waals surface area contributed by atoms with Crippen molar-refractivity contribution in [3.8, 4) is 0 Å². The highest BCUT2D eigenvalue weighted by Crippen LogP contribution is 2.40. The van der Waals surface area contributed by atoms with E-state index in [0.29, 0.717) is 36.2 Å². The van der Waals surface area contributed by atoms with Crippen LogP contribution in [0.2, 0.25) is 0 Å². The van der Waals surface area contributed by atoms with Gasteiger partial charge in [0, 0.05) is 31.8 Å². The van der Waals surface area contributed by atoms with Gasteiger partial charge in [0.15, 0.2) is 17.4 Å². The van der Waals surface area contributed by atoms with Gasteiger partial charge in [-0.1, -0.05) is 13.3 Å². The summed E-state index contributed by atoms with van der Waals surface area (Å²) in [5.41, 5.74) is 6.53. The van der Waals surface area contributed by atoms with Crippen LogP contribution >= 0.6 is 0 Å². The molecule has 1 aliphatic heterocycles. The minimum Gasteiger partial charge on any atom is -0.489 e. The molecule has 3 N–H and O–H groups in total. The van der Waals surface area contributed by atoms with Gasteiger partial charge in [-0.2, -0.15) is 0 Å². The van der Waals surface area contributed by atoms with Crippen molar-refractivity contribution >= 4 is 17.8 Å². The number of ether oxygens (including phenoxy) is 2. The molecule has 3 aliphatic rings. The number of carbonyl (C=O) groups is 3. The maximum atomic E-state index is 12.6. The monoisotopic (exact) mass is 419 g/mol. The van der Waals surface area contributed by atoms with Crippen LogP contribution in [0.5, 0.6) is 0 Å². The standard InChI is InChI=1S/C21H29N3O6/c1-3-4-7-29-19-15-9-17(30-12-18(22)26)16(25)8-14(15)11-24(10-13-5-6-13)20(19)23(2)21(27)28/h9,11,13,17H,3-8,10,12H2,1-2H3,(H2,22,26)(H,27,28). The maximum Gasteiger partial charge on any atom is 0.412 e. The summed E-state index contributed by atoms with van der Waals surface area (Å²) in [5, 5.41) is 9.67. The number of rotatable bonds is 10. The van der Waals surface area contributed by atoms with Crippen LogP contribution < -0.4 is 5.73 Å². The highest BCUT2D eigenvalue weighted by Gasteiger charge is 2.38. The first-order valence-corrected chi connectivity index (χ1v) is 10.3. The molecule has 0 radical (unpaired) electrons. The minimum absolute atomic E-state index is 0.112. The summed E-state index contributed by atoms with van der Waals surface area (Å²) in [4.78, 5) is 38.5. The Bertz CT molecular complexity index is 812. The molecule has 2 amide bonds. The highest BCUT2D eigenvalue weighted by molar-refractivity contribution is 5.91. The molecule has 0 aromatic rings. The van der Waals surface area contributed by atoms with Crippen LogP contribution in [0.3, 0.4) is 0 Å². The lowest BCUT2D eigenvalue weighted by Crippen LogP contribution is -2.40. The Morgan fingerprint density at radius 1 is 1.37 bits per heavy atom. The molecule has 1 unspecified atom stereocenters. The molecule has 0 saturated heterocycles.